The van der Waals surface area contributed by atoms with Gasteiger partial charge < -0.3 is 0 Å². The Hall–Kier alpha value is -0.510. The van der Waals surface area contributed by atoms with E-state index >= 15 is 0 Å². The van der Waals surface area contributed by atoms with E-state index in [2.05, 4.69) is 13.0 Å². The number of fused-ring (bicyclic) bond motifs is 3. The van der Waals surface area contributed by atoms with Crippen LogP contribution in [0.1, 0.15) is 77.6 Å². The van der Waals surface area contributed by atoms with E-state index in [0.29, 0.717) is 5.92 Å². The van der Waals surface area contributed by atoms with Gasteiger partial charge in [-0.25, -0.2) is 0 Å². The van der Waals surface area contributed by atoms with Gasteiger partial charge in [0.15, 0.2) is 0 Å². The molecule has 0 saturated heterocycles. The van der Waals surface area contributed by atoms with Crippen LogP contribution in [0, 0.1) is 46.8 Å². The van der Waals surface area contributed by atoms with Gasteiger partial charge in [-0.15, -0.1) is 0 Å². The lowest BCUT2D eigenvalue weighted by molar-refractivity contribution is 0.00284. The lowest BCUT2D eigenvalue weighted by atomic mass is 9.55. The fraction of sp³-hybridized carbons (Fsp3) is 0.947. The molecular weight excluding hydrogens is 242 g/mol. The van der Waals surface area contributed by atoms with Gasteiger partial charge in [0, 0.05) is 5.92 Å². The first-order chi connectivity index (χ1) is 9.81. The molecule has 6 atom stereocenters. The molecule has 0 radical (unpaired) electrons. The molecular formula is C19H31N. The molecule has 3 aliphatic carbocycles. The molecule has 1 heteroatoms. The number of nitrogens with zero attached hydrogens (tertiary/aromatic N) is 1. The molecule has 0 aromatic carbocycles. The molecule has 3 rings (SSSR count). The third-order valence-corrected chi connectivity index (χ3v) is 6.80. The molecule has 4 unspecified atom stereocenters. The van der Waals surface area contributed by atoms with Crippen molar-refractivity contribution in [3.63, 3.8) is 0 Å². The number of hydrogen-bond acceptors (Lipinski definition) is 1. The minimum absolute atomic E-state index is 0.383. The van der Waals surface area contributed by atoms with Crippen molar-refractivity contribution < 1.29 is 0 Å². The third kappa shape index (κ3) is 2.90. The molecule has 0 amide bonds. The van der Waals surface area contributed by atoms with Gasteiger partial charge in [-0.2, -0.15) is 5.26 Å². The summed E-state index contributed by atoms with van der Waals surface area (Å²) in [6.45, 7) is 2.32. The second kappa shape index (κ2) is 6.50. The highest BCUT2D eigenvalue weighted by atomic mass is 14.5. The molecule has 0 N–H and O–H groups in total. The molecule has 3 aliphatic rings. The highest BCUT2D eigenvalue weighted by Crippen LogP contribution is 2.53. The number of hydrogen-bond donors (Lipinski definition) is 0. The topological polar surface area (TPSA) is 23.8 Å². The van der Waals surface area contributed by atoms with Crippen LogP contribution in [-0.4, -0.2) is 0 Å². The van der Waals surface area contributed by atoms with Crippen LogP contribution in [0.25, 0.3) is 0 Å². The van der Waals surface area contributed by atoms with Crippen LogP contribution in [0.2, 0.25) is 0 Å². The van der Waals surface area contributed by atoms with Crippen molar-refractivity contribution >= 4 is 0 Å². The molecule has 0 aromatic rings. The summed E-state index contributed by atoms with van der Waals surface area (Å²) in [7, 11) is 0. The molecule has 3 saturated carbocycles. The van der Waals surface area contributed by atoms with Gasteiger partial charge in [0.25, 0.3) is 0 Å². The third-order valence-electron chi connectivity index (χ3n) is 6.80. The zero-order valence-corrected chi connectivity index (χ0v) is 13.2. The summed E-state index contributed by atoms with van der Waals surface area (Å²) in [5, 5.41) is 9.18. The second-order valence-electron chi connectivity index (χ2n) is 7.89. The monoisotopic (exact) mass is 273 g/mol. The van der Waals surface area contributed by atoms with Crippen molar-refractivity contribution in [2.45, 2.75) is 77.6 Å². The summed E-state index contributed by atoms with van der Waals surface area (Å²) in [5.41, 5.74) is 0. The molecule has 1 nitrogen and oxygen atoms in total. The van der Waals surface area contributed by atoms with E-state index in [9.17, 15) is 5.26 Å². The Balaban J connectivity index is 1.58. The summed E-state index contributed by atoms with van der Waals surface area (Å²) in [6.07, 6.45) is 15.6. The summed E-state index contributed by atoms with van der Waals surface area (Å²) in [5.74, 6) is 5.40. The van der Waals surface area contributed by atoms with Crippen LogP contribution >= 0.6 is 0 Å². The van der Waals surface area contributed by atoms with Crippen molar-refractivity contribution in [3.05, 3.63) is 0 Å². The molecule has 0 aliphatic heterocycles. The van der Waals surface area contributed by atoms with Crippen LogP contribution in [0.5, 0.6) is 0 Å². The van der Waals surface area contributed by atoms with E-state index in [-0.39, 0.29) is 0 Å². The van der Waals surface area contributed by atoms with Crippen LogP contribution in [0.4, 0.5) is 0 Å². The Morgan fingerprint density at radius 1 is 0.900 bits per heavy atom. The fourth-order valence-electron chi connectivity index (χ4n) is 5.76. The van der Waals surface area contributed by atoms with E-state index in [0.717, 1.165) is 29.6 Å². The maximum absolute atomic E-state index is 9.18. The lowest BCUT2D eigenvalue weighted by Crippen LogP contribution is -2.41. The first-order valence-electron chi connectivity index (χ1n) is 9.21. The van der Waals surface area contributed by atoms with E-state index in [1.54, 1.807) is 0 Å². The summed E-state index contributed by atoms with van der Waals surface area (Å²) in [4.78, 5) is 0. The number of unbranched alkanes of at least 4 members (excludes halogenated alkanes) is 1. The molecule has 0 bridgehead atoms. The highest BCUT2D eigenvalue weighted by Gasteiger charge is 2.44. The highest BCUT2D eigenvalue weighted by molar-refractivity contribution is 4.98. The van der Waals surface area contributed by atoms with Crippen molar-refractivity contribution in [1.82, 2.24) is 0 Å². The van der Waals surface area contributed by atoms with Crippen molar-refractivity contribution in [2.75, 3.05) is 0 Å². The molecule has 20 heavy (non-hydrogen) atoms. The smallest absolute Gasteiger partial charge is 0.0655 e. The van der Waals surface area contributed by atoms with Gasteiger partial charge in [-0.05, 0) is 74.5 Å². The van der Waals surface area contributed by atoms with Crippen molar-refractivity contribution in [1.29, 1.82) is 5.26 Å². The zero-order valence-electron chi connectivity index (χ0n) is 13.2. The normalized spacial score (nSPS) is 44.2. The Morgan fingerprint density at radius 2 is 1.60 bits per heavy atom. The Labute approximate surface area is 125 Å². The predicted molar refractivity (Wildman–Crippen MR) is 83.0 cm³/mol. The fourth-order valence-corrected chi connectivity index (χ4v) is 5.76. The quantitative estimate of drug-likeness (QED) is 0.660. The predicted octanol–water partition coefficient (Wildman–Crippen LogP) is 5.56. The summed E-state index contributed by atoms with van der Waals surface area (Å²) in [6, 6.07) is 2.54. The maximum atomic E-state index is 9.18. The largest absolute Gasteiger partial charge is 0.198 e. The average Bonchev–Trinajstić information content (AvgIpc) is 2.51. The van der Waals surface area contributed by atoms with E-state index in [4.69, 9.17) is 0 Å². The van der Waals surface area contributed by atoms with Crippen LogP contribution in [0.3, 0.4) is 0 Å². The van der Waals surface area contributed by atoms with E-state index in [1.807, 2.05) is 0 Å². The number of rotatable bonds is 3. The second-order valence-corrected chi connectivity index (χ2v) is 7.89. The first kappa shape index (κ1) is 14.4. The lowest BCUT2D eigenvalue weighted by Gasteiger charge is -2.50. The zero-order chi connectivity index (χ0) is 13.9. The number of nitriles is 1. The van der Waals surface area contributed by atoms with Crippen LogP contribution in [-0.2, 0) is 0 Å². The summed E-state index contributed by atoms with van der Waals surface area (Å²) >= 11 is 0. The van der Waals surface area contributed by atoms with Gasteiger partial charge in [-0.3, -0.25) is 0 Å². The molecule has 112 valence electrons. The van der Waals surface area contributed by atoms with Gasteiger partial charge in [-0.1, -0.05) is 32.6 Å². The van der Waals surface area contributed by atoms with Gasteiger partial charge in [0.05, 0.1) is 6.07 Å². The van der Waals surface area contributed by atoms with Gasteiger partial charge in [0.1, 0.15) is 0 Å². The van der Waals surface area contributed by atoms with Crippen molar-refractivity contribution in [3.8, 4) is 6.07 Å². The van der Waals surface area contributed by atoms with Gasteiger partial charge in [0.2, 0.25) is 0 Å². The van der Waals surface area contributed by atoms with Crippen molar-refractivity contribution in [2.24, 2.45) is 35.5 Å². The average molecular weight is 273 g/mol. The first-order valence-corrected chi connectivity index (χ1v) is 9.21. The van der Waals surface area contributed by atoms with E-state index in [1.165, 1.54) is 70.6 Å². The molecule has 0 spiro atoms. The Morgan fingerprint density at radius 3 is 2.30 bits per heavy atom. The summed E-state index contributed by atoms with van der Waals surface area (Å²) < 4.78 is 0. The maximum Gasteiger partial charge on any atom is 0.0655 e. The van der Waals surface area contributed by atoms with Crippen LogP contribution in [0.15, 0.2) is 0 Å². The standard InChI is InChI=1S/C19H31N/c1-2-3-4-14-5-9-18-16(11-14)7-8-17-12-15(13-20)6-10-19(17)18/h14-19H,2-12H2,1H3/t14-,15-,16?,17?,18?,19?/m1/s1. The Bertz CT molecular complexity index is 355. The minimum atomic E-state index is 0.383. The van der Waals surface area contributed by atoms with E-state index < -0.39 is 0 Å². The molecule has 0 aromatic heterocycles. The molecule has 0 heterocycles. The van der Waals surface area contributed by atoms with Crippen LogP contribution < -0.4 is 0 Å². The minimum Gasteiger partial charge on any atom is -0.198 e. The SMILES string of the molecule is CCCC[C@@H]1CCC2C(CCC3C[C@H](C#N)CCC32)C1. The Kier molecular flexibility index (Phi) is 4.69. The molecule has 3 fully saturated rings. The van der Waals surface area contributed by atoms with Gasteiger partial charge >= 0.3 is 0 Å².